The molecule has 1 aliphatic carbocycles. The Balaban J connectivity index is 1.70. The van der Waals surface area contributed by atoms with Crippen molar-refractivity contribution in [3.8, 4) is 0 Å². The van der Waals surface area contributed by atoms with Crippen LogP contribution in [0.4, 0.5) is 10.7 Å². The van der Waals surface area contributed by atoms with Gasteiger partial charge >= 0.3 is 0 Å². The molecule has 1 amide bonds. The Morgan fingerprint density at radius 3 is 2.72 bits per heavy atom. The number of carbonyl (C=O) groups is 1. The Hall–Kier alpha value is -2.43. The number of carbonyl (C=O) groups excluding carboxylic acids is 1. The molecule has 0 unspecified atom stereocenters. The molecule has 1 aromatic heterocycles. The number of para-hydroxylation sites is 1. The predicted molar refractivity (Wildman–Crippen MR) is 123 cm³/mol. The molecule has 0 saturated carbocycles. The van der Waals surface area contributed by atoms with Crippen molar-refractivity contribution in [3.05, 3.63) is 80.7 Å². The fraction of sp³-hybridized carbons (Fsp3) is 0.250. The molecule has 0 aliphatic heterocycles. The highest BCUT2D eigenvalue weighted by Gasteiger charge is 2.27. The number of aliphatic imine (C=N–C) groups is 1. The van der Waals surface area contributed by atoms with Gasteiger partial charge in [0.05, 0.1) is 5.56 Å². The molecule has 1 N–H and O–H groups in total. The van der Waals surface area contributed by atoms with Crippen molar-refractivity contribution in [1.29, 1.82) is 0 Å². The molecule has 0 spiro atoms. The number of aryl methyl sites for hydroxylation is 1. The third kappa shape index (κ3) is 4.44. The highest BCUT2D eigenvalue weighted by Crippen LogP contribution is 2.41. The number of hydrogen-bond donors (Lipinski definition) is 1. The van der Waals surface area contributed by atoms with Gasteiger partial charge in [0, 0.05) is 21.8 Å². The van der Waals surface area contributed by atoms with E-state index in [4.69, 9.17) is 16.6 Å². The Labute approximate surface area is 180 Å². The van der Waals surface area contributed by atoms with E-state index in [0.29, 0.717) is 10.9 Å². The lowest BCUT2D eigenvalue weighted by Gasteiger charge is -2.18. The molecule has 1 heterocycles. The number of rotatable bonds is 4. The van der Waals surface area contributed by atoms with Crippen molar-refractivity contribution in [3.63, 3.8) is 0 Å². The molecule has 0 saturated heterocycles. The van der Waals surface area contributed by atoms with Crippen LogP contribution in [-0.4, -0.2) is 12.1 Å². The number of fused-ring (bicyclic) bond motifs is 1. The summed E-state index contributed by atoms with van der Waals surface area (Å²) in [6.45, 7) is 4.27. The number of halogens is 1. The quantitative estimate of drug-likeness (QED) is 0.459. The smallest absolute Gasteiger partial charge is 0.259 e. The summed E-state index contributed by atoms with van der Waals surface area (Å²) in [4.78, 5) is 19.3. The first-order valence-corrected chi connectivity index (χ1v) is 11.0. The average molecular weight is 423 g/mol. The molecule has 2 aromatic carbocycles. The van der Waals surface area contributed by atoms with Crippen LogP contribution in [0.2, 0.25) is 5.02 Å². The molecule has 3 aromatic rings. The average Bonchev–Trinajstić information content (AvgIpc) is 3.06. The van der Waals surface area contributed by atoms with E-state index < -0.39 is 0 Å². The maximum atomic E-state index is 13.3. The second kappa shape index (κ2) is 8.52. The number of thiophene rings is 1. The van der Waals surface area contributed by atoms with Gasteiger partial charge in [-0.3, -0.25) is 4.79 Å². The summed E-state index contributed by atoms with van der Waals surface area (Å²) in [5, 5.41) is 4.57. The summed E-state index contributed by atoms with van der Waals surface area (Å²) in [5.41, 5.74) is 4.74. The Kier molecular flexibility index (Phi) is 5.84. The third-order valence-electron chi connectivity index (χ3n) is 5.31. The van der Waals surface area contributed by atoms with E-state index in [1.54, 1.807) is 11.3 Å². The Morgan fingerprint density at radius 1 is 1.21 bits per heavy atom. The Morgan fingerprint density at radius 2 is 1.97 bits per heavy atom. The number of nitrogens with one attached hydrogen (secondary N) is 1. The zero-order valence-electron chi connectivity index (χ0n) is 16.5. The molecule has 5 heteroatoms. The molecule has 29 heavy (non-hydrogen) atoms. The van der Waals surface area contributed by atoms with Crippen molar-refractivity contribution in [2.24, 2.45) is 10.9 Å². The summed E-state index contributed by atoms with van der Waals surface area (Å²) in [5.74, 6) is 0.566. The maximum Gasteiger partial charge on any atom is 0.259 e. The SMILES string of the molecule is Cc1ccccc1NC(=O)c1c(N=Cc2ccc(Cl)cc2)sc2c1CC[C@H](C)C2. The molecule has 4 rings (SSSR count). The second-order valence-electron chi connectivity index (χ2n) is 7.61. The van der Waals surface area contributed by atoms with Crippen molar-refractivity contribution >= 4 is 45.7 Å². The van der Waals surface area contributed by atoms with Gasteiger partial charge in [0.25, 0.3) is 5.91 Å². The Bertz CT molecular complexity index is 1070. The van der Waals surface area contributed by atoms with E-state index >= 15 is 0 Å². The largest absolute Gasteiger partial charge is 0.322 e. The monoisotopic (exact) mass is 422 g/mol. The minimum Gasteiger partial charge on any atom is -0.322 e. The normalized spacial score (nSPS) is 16.0. The first-order valence-electron chi connectivity index (χ1n) is 9.82. The van der Waals surface area contributed by atoms with Gasteiger partial charge < -0.3 is 5.32 Å². The first-order chi connectivity index (χ1) is 14.0. The van der Waals surface area contributed by atoms with E-state index in [1.807, 2.05) is 61.7 Å². The number of amides is 1. The molecule has 148 valence electrons. The van der Waals surface area contributed by atoms with Crippen LogP contribution in [0.25, 0.3) is 0 Å². The lowest BCUT2D eigenvalue weighted by Crippen LogP contribution is -2.17. The number of nitrogens with zero attached hydrogens (tertiary/aromatic N) is 1. The number of benzene rings is 2. The maximum absolute atomic E-state index is 13.3. The fourth-order valence-corrected chi connectivity index (χ4v) is 5.12. The van der Waals surface area contributed by atoms with Crippen LogP contribution in [0.1, 0.15) is 45.3 Å². The van der Waals surface area contributed by atoms with Crippen LogP contribution < -0.4 is 5.32 Å². The summed E-state index contributed by atoms with van der Waals surface area (Å²) < 4.78 is 0. The van der Waals surface area contributed by atoms with Gasteiger partial charge in [-0.2, -0.15) is 0 Å². The van der Waals surface area contributed by atoms with Crippen LogP contribution >= 0.6 is 22.9 Å². The van der Waals surface area contributed by atoms with E-state index in [2.05, 4.69) is 12.2 Å². The van der Waals surface area contributed by atoms with Gasteiger partial charge in [0.15, 0.2) is 0 Å². The molecule has 0 bridgehead atoms. The van der Waals surface area contributed by atoms with Gasteiger partial charge in [0.2, 0.25) is 0 Å². The van der Waals surface area contributed by atoms with E-state index in [1.165, 1.54) is 10.4 Å². The highest BCUT2D eigenvalue weighted by atomic mass is 35.5. The van der Waals surface area contributed by atoms with Gasteiger partial charge in [-0.15, -0.1) is 11.3 Å². The van der Waals surface area contributed by atoms with Crippen LogP contribution in [0.3, 0.4) is 0 Å². The van der Waals surface area contributed by atoms with Crippen LogP contribution in [0.15, 0.2) is 53.5 Å². The zero-order chi connectivity index (χ0) is 20.4. The van der Waals surface area contributed by atoms with Crippen molar-refractivity contribution < 1.29 is 4.79 Å². The van der Waals surface area contributed by atoms with Crippen molar-refractivity contribution in [2.75, 3.05) is 5.32 Å². The number of hydrogen-bond acceptors (Lipinski definition) is 3. The van der Waals surface area contributed by atoms with E-state index in [9.17, 15) is 4.79 Å². The van der Waals surface area contributed by atoms with Gasteiger partial charge in [0.1, 0.15) is 5.00 Å². The lowest BCUT2D eigenvalue weighted by atomic mass is 9.88. The standard InChI is InChI=1S/C24H23ClN2OS/c1-15-7-12-19-21(13-15)29-24(26-14-17-8-10-18(25)11-9-17)22(19)23(28)27-20-6-4-3-5-16(20)2/h3-6,8-11,14-15H,7,12-13H2,1-2H3,(H,27,28)/t15-/m0/s1. The third-order valence-corrected chi connectivity index (χ3v) is 6.73. The molecular formula is C24H23ClN2OS. The fourth-order valence-electron chi connectivity index (χ4n) is 3.64. The lowest BCUT2D eigenvalue weighted by molar-refractivity contribution is 0.102. The molecule has 0 fully saturated rings. The first kappa shape index (κ1) is 19.9. The van der Waals surface area contributed by atoms with Gasteiger partial charge in [-0.05, 0) is 67.0 Å². The van der Waals surface area contributed by atoms with Gasteiger partial charge in [-0.1, -0.05) is 48.9 Å². The van der Waals surface area contributed by atoms with E-state index in [-0.39, 0.29) is 5.91 Å². The van der Waals surface area contributed by atoms with Crippen LogP contribution in [-0.2, 0) is 12.8 Å². The summed E-state index contributed by atoms with van der Waals surface area (Å²) in [6.07, 6.45) is 4.86. The van der Waals surface area contributed by atoms with E-state index in [0.717, 1.165) is 46.6 Å². The minimum absolute atomic E-state index is 0.0744. The predicted octanol–water partition coefficient (Wildman–Crippen LogP) is 6.84. The molecule has 0 radical (unpaired) electrons. The summed E-state index contributed by atoms with van der Waals surface area (Å²) >= 11 is 7.62. The summed E-state index contributed by atoms with van der Waals surface area (Å²) in [7, 11) is 0. The second-order valence-corrected chi connectivity index (χ2v) is 9.13. The topological polar surface area (TPSA) is 41.5 Å². The minimum atomic E-state index is -0.0744. The van der Waals surface area contributed by atoms with Crippen LogP contribution in [0, 0.1) is 12.8 Å². The van der Waals surface area contributed by atoms with Crippen molar-refractivity contribution in [1.82, 2.24) is 0 Å². The molecular weight excluding hydrogens is 400 g/mol. The number of anilines is 1. The highest BCUT2D eigenvalue weighted by molar-refractivity contribution is 7.16. The molecule has 1 atom stereocenters. The van der Waals surface area contributed by atoms with Crippen LogP contribution in [0.5, 0.6) is 0 Å². The summed E-state index contributed by atoms with van der Waals surface area (Å²) in [6, 6.07) is 15.4. The molecule has 3 nitrogen and oxygen atoms in total. The van der Waals surface area contributed by atoms with Gasteiger partial charge in [-0.25, -0.2) is 4.99 Å². The van der Waals surface area contributed by atoms with Crippen molar-refractivity contribution in [2.45, 2.75) is 33.1 Å². The zero-order valence-corrected chi connectivity index (χ0v) is 18.1. The molecule has 1 aliphatic rings.